The summed E-state index contributed by atoms with van der Waals surface area (Å²) in [6.45, 7) is 7.34. The summed E-state index contributed by atoms with van der Waals surface area (Å²) in [5, 5.41) is 5.91. The predicted octanol–water partition coefficient (Wildman–Crippen LogP) is 1.47. The number of rotatable bonds is 5. The van der Waals surface area contributed by atoms with Crippen molar-refractivity contribution in [3.8, 4) is 0 Å². The van der Waals surface area contributed by atoms with Crippen molar-refractivity contribution in [2.75, 3.05) is 13.1 Å². The average molecular weight is 332 g/mol. The first kappa shape index (κ1) is 18.4. The van der Waals surface area contributed by atoms with Gasteiger partial charge in [-0.2, -0.15) is 0 Å². The van der Waals surface area contributed by atoms with Gasteiger partial charge in [0.15, 0.2) is 0 Å². The van der Waals surface area contributed by atoms with Gasteiger partial charge in [0.1, 0.15) is 0 Å². The van der Waals surface area contributed by atoms with Gasteiger partial charge in [0.05, 0.1) is 24.8 Å². The van der Waals surface area contributed by atoms with E-state index in [2.05, 4.69) is 15.6 Å². The molecule has 1 atom stereocenters. The molecule has 0 radical (unpaired) electrons. The van der Waals surface area contributed by atoms with Gasteiger partial charge < -0.3 is 10.6 Å². The van der Waals surface area contributed by atoms with Crippen molar-refractivity contribution in [3.63, 3.8) is 0 Å². The maximum Gasteiger partial charge on any atom is 0.237 e. The molecular formula is C18H28N4O2. The van der Waals surface area contributed by atoms with Crippen LogP contribution in [0.4, 0.5) is 0 Å². The second kappa shape index (κ2) is 8.24. The first-order valence-electron chi connectivity index (χ1n) is 8.58. The number of piperidine rings is 1. The highest BCUT2D eigenvalue weighted by Crippen LogP contribution is 2.17. The summed E-state index contributed by atoms with van der Waals surface area (Å²) in [5.41, 5.74) is 0.563. The normalized spacial score (nSPS) is 18.9. The molecule has 0 spiro atoms. The summed E-state index contributed by atoms with van der Waals surface area (Å²) in [6.07, 6.45) is 4.55. The van der Waals surface area contributed by atoms with Crippen LogP contribution in [0.5, 0.6) is 0 Å². The molecule has 0 aromatic carbocycles. The van der Waals surface area contributed by atoms with E-state index in [9.17, 15) is 9.59 Å². The summed E-state index contributed by atoms with van der Waals surface area (Å²) < 4.78 is 0. The maximum atomic E-state index is 12.5. The molecule has 1 fully saturated rings. The molecule has 1 aromatic rings. The first-order chi connectivity index (χ1) is 11.3. The molecule has 1 aliphatic rings. The van der Waals surface area contributed by atoms with E-state index in [1.54, 1.807) is 6.20 Å². The molecule has 2 amide bonds. The van der Waals surface area contributed by atoms with Crippen LogP contribution in [-0.4, -0.2) is 46.4 Å². The van der Waals surface area contributed by atoms with Crippen LogP contribution in [0.3, 0.4) is 0 Å². The lowest BCUT2D eigenvalue weighted by Gasteiger charge is -2.35. The van der Waals surface area contributed by atoms with E-state index in [1.807, 2.05) is 43.9 Å². The molecule has 6 nitrogen and oxygen atoms in total. The molecule has 1 aliphatic heterocycles. The SMILES string of the molecule is CC(C)(C)NC(=O)C1CCCCN1CC(=O)NCc1ccccn1. The molecule has 132 valence electrons. The number of hydrogen-bond acceptors (Lipinski definition) is 4. The van der Waals surface area contributed by atoms with Crippen LogP contribution in [0.25, 0.3) is 0 Å². The zero-order chi connectivity index (χ0) is 17.6. The fraction of sp³-hybridized carbons (Fsp3) is 0.611. The van der Waals surface area contributed by atoms with E-state index < -0.39 is 0 Å². The number of aromatic nitrogens is 1. The molecule has 0 bridgehead atoms. The van der Waals surface area contributed by atoms with Gasteiger partial charge in [-0.25, -0.2) is 0 Å². The molecular weight excluding hydrogens is 304 g/mol. The second-order valence-electron chi connectivity index (χ2n) is 7.32. The zero-order valence-corrected chi connectivity index (χ0v) is 14.8. The van der Waals surface area contributed by atoms with E-state index in [0.29, 0.717) is 6.54 Å². The van der Waals surface area contributed by atoms with Gasteiger partial charge in [0.2, 0.25) is 11.8 Å². The highest BCUT2D eigenvalue weighted by atomic mass is 16.2. The monoisotopic (exact) mass is 332 g/mol. The van der Waals surface area contributed by atoms with Gasteiger partial charge in [-0.15, -0.1) is 0 Å². The molecule has 6 heteroatoms. The third-order valence-electron chi connectivity index (χ3n) is 3.95. The topological polar surface area (TPSA) is 74.3 Å². The third kappa shape index (κ3) is 5.92. The molecule has 1 saturated heterocycles. The number of amides is 2. The van der Waals surface area contributed by atoms with Crippen molar-refractivity contribution in [2.45, 2.75) is 58.2 Å². The van der Waals surface area contributed by atoms with Crippen LogP contribution in [0, 0.1) is 0 Å². The van der Waals surface area contributed by atoms with Crippen molar-refractivity contribution in [2.24, 2.45) is 0 Å². The summed E-state index contributed by atoms with van der Waals surface area (Å²) in [5.74, 6) is -0.0594. The molecule has 1 unspecified atom stereocenters. The number of pyridine rings is 1. The molecule has 0 aliphatic carbocycles. The van der Waals surface area contributed by atoms with Crippen molar-refractivity contribution < 1.29 is 9.59 Å². The molecule has 2 N–H and O–H groups in total. The van der Waals surface area contributed by atoms with Gasteiger partial charge >= 0.3 is 0 Å². The molecule has 2 heterocycles. The van der Waals surface area contributed by atoms with Crippen molar-refractivity contribution in [3.05, 3.63) is 30.1 Å². The van der Waals surface area contributed by atoms with Crippen LogP contribution in [0.15, 0.2) is 24.4 Å². The Morgan fingerprint density at radius 3 is 2.75 bits per heavy atom. The van der Waals surface area contributed by atoms with E-state index in [1.165, 1.54) is 0 Å². The number of likely N-dealkylation sites (tertiary alicyclic amines) is 1. The van der Waals surface area contributed by atoms with E-state index in [-0.39, 0.29) is 29.9 Å². The quantitative estimate of drug-likeness (QED) is 0.856. The zero-order valence-electron chi connectivity index (χ0n) is 14.8. The second-order valence-corrected chi connectivity index (χ2v) is 7.32. The van der Waals surface area contributed by atoms with Gasteiger partial charge in [-0.3, -0.25) is 19.5 Å². The lowest BCUT2D eigenvalue weighted by Crippen LogP contribution is -2.55. The summed E-state index contributed by atoms with van der Waals surface area (Å²) >= 11 is 0. The standard InChI is InChI=1S/C18H28N4O2/c1-18(2,3)21-17(24)15-9-5-7-11-22(15)13-16(23)20-12-14-8-4-6-10-19-14/h4,6,8,10,15H,5,7,9,11-13H2,1-3H3,(H,20,23)(H,21,24). The minimum absolute atomic E-state index is 0.0136. The Kier molecular flexibility index (Phi) is 6.31. The largest absolute Gasteiger partial charge is 0.350 e. The summed E-state index contributed by atoms with van der Waals surface area (Å²) in [6, 6.07) is 5.39. The minimum atomic E-state index is -0.262. The van der Waals surface area contributed by atoms with Gasteiger partial charge in [-0.1, -0.05) is 12.5 Å². The van der Waals surface area contributed by atoms with Gasteiger partial charge in [-0.05, 0) is 52.3 Å². The Balaban J connectivity index is 1.88. The van der Waals surface area contributed by atoms with E-state index in [4.69, 9.17) is 0 Å². The van der Waals surface area contributed by atoms with Crippen LogP contribution < -0.4 is 10.6 Å². The fourth-order valence-electron chi connectivity index (χ4n) is 2.86. The molecule has 1 aromatic heterocycles. The van der Waals surface area contributed by atoms with Crippen LogP contribution >= 0.6 is 0 Å². The number of nitrogens with zero attached hydrogens (tertiary/aromatic N) is 2. The van der Waals surface area contributed by atoms with Crippen molar-refractivity contribution in [1.82, 2.24) is 20.5 Å². The molecule has 2 rings (SSSR count). The lowest BCUT2D eigenvalue weighted by molar-refractivity contribution is -0.131. The fourth-order valence-corrected chi connectivity index (χ4v) is 2.86. The van der Waals surface area contributed by atoms with Crippen LogP contribution in [0.1, 0.15) is 45.7 Å². The highest BCUT2D eigenvalue weighted by Gasteiger charge is 2.31. The average Bonchev–Trinajstić information content (AvgIpc) is 2.53. The number of carbonyl (C=O) groups excluding carboxylic acids is 2. The third-order valence-corrected chi connectivity index (χ3v) is 3.95. The minimum Gasteiger partial charge on any atom is -0.350 e. The number of carbonyl (C=O) groups is 2. The number of nitrogens with one attached hydrogen (secondary N) is 2. The summed E-state index contributed by atoms with van der Waals surface area (Å²) in [7, 11) is 0. The maximum absolute atomic E-state index is 12.5. The smallest absolute Gasteiger partial charge is 0.237 e. The van der Waals surface area contributed by atoms with E-state index in [0.717, 1.165) is 31.5 Å². The van der Waals surface area contributed by atoms with Crippen LogP contribution in [-0.2, 0) is 16.1 Å². The Morgan fingerprint density at radius 1 is 1.29 bits per heavy atom. The molecule has 0 saturated carbocycles. The van der Waals surface area contributed by atoms with Gasteiger partial charge in [0.25, 0.3) is 0 Å². The Morgan fingerprint density at radius 2 is 2.08 bits per heavy atom. The first-order valence-corrected chi connectivity index (χ1v) is 8.58. The lowest BCUT2D eigenvalue weighted by atomic mass is 9.99. The molecule has 24 heavy (non-hydrogen) atoms. The van der Waals surface area contributed by atoms with Crippen molar-refractivity contribution >= 4 is 11.8 Å². The Hall–Kier alpha value is -1.95. The van der Waals surface area contributed by atoms with Gasteiger partial charge in [0, 0.05) is 11.7 Å². The highest BCUT2D eigenvalue weighted by molar-refractivity contribution is 5.84. The Labute approximate surface area is 144 Å². The summed E-state index contributed by atoms with van der Waals surface area (Å²) in [4.78, 5) is 30.9. The van der Waals surface area contributed by atoms with E-state index >= 15 is 0 Å². The number of hydrogen-bond donors (Lipinski definition) is 2. The Bertz CT molecular complexity index is 554. The van der Waals surface area contributed by atoms with Crippen molar-refractivity contribution in [1.29, 1.82) is 0 Å². The predicted molar refractivity (Wildman–Crippen MR) is 93.2 cm³/mol. The van der Waals surface area contributed by atoms with Crippen LogP contribution in [0.2, 0.25) is 0 Å².